The van der Waals surface area contributed by atoms with E-state index in [0.717, 1.165) is 37.6 Å². The summed E-state index contributed by atoms with van der Waals surface area (Å²) in [6, 6.07) is 1.73. The molecule has 0 radical (unpaired) electrons. The Hall–Kier alpha value is -0.870. The average Bonchev–Trinajstić information content (AvgIpc) is 2.24. The quantitative estimate of drug-likeness (QED) is 0.591. The summed E-state index contributed by atoms with van der Waals surface area (Å²) in [5.74, 6) is 1.55. The first-order valence-electron chi connectivity index (χ1n) is 5.61. The molecule has 1 heterocycles. The van der Waals surface area contributed by atoms with Gasteiger partial charge >= 0.3 is 0 Å². The second-order valence-electron chi connectivity index (χ2n) is 3.37. The predicted octanol–water partition coefficient (Wildman–Crippen LogP) is 2.53. The van der Waals surface area contributed by atoms with Crippen LogP contribution in [0.25, 0.3) is 0 Å². The Morgan fingerprint density at radius 3 is 2.88 bits per heavy atom. The normalized spacial score (nSPS) is 10.4. The molecule has 16 heavy (non-hydrogen) atoms. The number of ether oxygens (including phenoxy) is 1. The first-order chi connectivity index (χ1) is 7.76. The van der Waals surface area contributed by atoms with Crippen LogP contribution in [0, 0.1) is 0 Å². The van der Waals surface area contributed by atoms with E-state index >= 15 is 0 Å². The summed E-state index contributed by atoms with van der Waals surface area (Å²) in [6.07, 6.45) is 1.86. The number of aromatic nitrogens is 2. The number of rotatable bonds is 7. The lowest BCUT2D eigenvalue weighted by atomic mass is 10.3. The highest BCUT2D eigenvalue weighted by Crippen LogP contribution is 2.12. The summed E-state index contributed by atoms with van der Waals surface area (Å²) in [4.78, 5) is 8.51. The van der Waals surface area contributed by atoms with Crippen molar-refractivity contribution in [3.05, 3.63) is 17.0 Å². The van der Waals surface area contributed by atoms with Crippen molar-refractivity contribution < 1.29 is 4.74 Å². The van der Waals surface area contributed by atoms with Crippen LogP contribution in [0.1, 0.15) is 26.1 Å². The van der Waals surface area contributed by atoms with Crippen molar-refractivity contribution in [1.82, 2.24) is 9.97 Å². The van der Waals surface area contributed by atoms with Crippen LogP contribution in [-0.2, 0) is 11.2 Å². The second kappa shape index (κ2) is 7.41. The largest absolute Gasteiger partial charge is 0.380 e. The summed E-state index contributed by atoms with van der Waals surface area (Å²) in [6.45, 7) is 6.19. The van der Waals surface area contributed by atoms with Crippen LogP contribution in [0.5, 0.6) is 0 Å². The van der Waals surface area contributed by atoms with Gasteiger partial charge in [0.2, 0.25) is 0 Å². The molecule has 0 saturated heterocycles. The highest BCUT2D eigenvalue weighted by Gasteiger charge is 2.01. The zero-order valence-corrected chi connectivity index (χ0v) is 10.5. The molecule has 0 unspecified atom stereocenters. The molecular weight excluding hydrogens is 226 g/mol. The van der Waals surface area contributed by atoms with Crippen LogP contribution in [0.2, 0.25) is 5.15 Å². The first kappa shape index (κ1) is 13.2. The van der Waals surface area contributed by atoms with Crippen LogP contribution in [0.15, 0.2) is 6.07 Å². The van der Waals surface area contributed by atoms with Crippen LogP contribution >= 0.6 is 11.6 Å². The van der Waals surface area contributed by atoms with Gasteiger partial charge in [-0.3, -0.25) is 0 Å². The van der Waals surface area contributed by atoms with Crippen molar-refractivity contribution >= 4 is 17.4 Å². The molecule has 0 amide bonds. The summed E-state index contributed by atoms with van der Waals surface area (Å²) in [7, 11) is 0. The lowest BCUT2D eigenvalue weighted by molar-refractivity contribution is 0.158. The molecule has 1 N–H and O–H groups in total. The van der Waals surface area contributed by atoms with Crippen molar-refractivity contribution in [2.75, 3.05) is 25.1 Å². The molecule has 0 spiro atoms. The Kier molecular flexibility index (Phi) is 6.11. The van der Waals surface area contributed by atoms with E-state index in [1.54, 1.807) is 6.07 Å². The first-order valence-corrected chi connectivity index (χ1v) is 5.99. The van der Waals surface area contributed by atoms with E-state index in [4.69, 9.17) is 16.3 Å². The molecule has 0 aromatic carbocycles. The number of nitrogens with one attached hydrogen (secondary N) is 1. The Bertz CT molecular complexity index is 320. The average molecular weight is 244 g/mol. The molecule has 1 aromatic heterocycles. The molecule has 4 nitrogen and oxygen atoms in total. The second-order valence-corrected chi connectivity index (χ2v) is 3.75. The topological polar surface area (TPSA) is 47.0 Å². The molecule has 1 aromatic rings. The standard InChI is InChI=1S/C11H18ClN3O/c1-3-5-10-14-9(12)8-11(15-10)13-6-7-16-4-2/h8H,3-7H2,1-2H3,(H,13,14,15). The molecule has 0 saturated carbocycles. The molecule has 90 valence electrons. The van der Waals surface area contributed by atoms with Gasteiger partial charge in [0.25, 0.3) is 0 Å². The van der Waals surface area contributed by atoms with E-state index in [1.807, 2.05) is 6.92 Å². The third kappa shape index (κ3) is 4.77. The van der Waals surface area contributed by atoms with Crippen molar-refractivity contribution in [2.24, 2.45) is 0 Å². The van der Waals surface area contributed by atoms with Crippen molar-refractivity contribution in [3.63, 3.8) is 0 Å². The van der Waals surface area contributed by atoms with Crippen molar-refractivity contribution in [1.29, 1.82) is 0 Å². The Balaban J connectivity index is 2.51. The number of anilines is 1. The fourth-order valence-corrected chi connectivity index (χ4v) is 1.49. The van der Waals surface area contributed by atoms with Crippen LogP contribution in [-0.4, -0.2) is 29.7 Å². The Labute approximate surface area is 101 Å². The molecule has 0 aliphatic heterocycles. The molecule has 0 atom stereocenters. The van der Waals surface area contributed by atoms with Gasteiger partial charge < -0.3 is 10.1 Å². The minimum Gasteiger partial charge on any atom is -0.380 e. The molecule has 5 heteroatoms. The van der Waals surface area contributed by atoms with E-state index in [2.05, 4.69) is 22.2 Å². The van der Waals surface area contributed by atoms with E-state index in [1.165, 1.54) is 0 Å². The lowest BCUT2D eigenvalue weighted by Crippen LogP contribution is -2.11. The zero-order chi connectivity index (χ0) is 11.8. The summed E-state index contributed by atoms with van der Waals surface area (Å²) in [5.41, 5.74) is 0. The minimum absolute atomic E-state index is 0.484. The monoisotopic (exact) mass is 243 g/mol. The van der Waals surface area contributed by atoms with Gasteiger partial charge in [-0.05, 0) is 13.3 Å². The third-order valence-corrected chi connectivity index (χ3v) is 2.17. The summed E-state index contributed by atoms with van der Waals surface area (Å²) in [5, 5.41) is 3.64. The number of hydrogen-bond donors (Lipinski definition) is 1. The minimum atomic E-state index is 0.484. The van der Waals surface area contributed by atoms with Gasteiger partial charge in [0, 0.05) is 25.6 Å². The number of hydrogen-bond acceptors (Lipinski definition) is 4. The molecule has 0 fully saturated rings. The SMILES string of the molecule is CCCc1nc(Cl)cc(NCCOCC)n1. The fourth-order valence-electron chi connectivity index (χ4n) is 1.29. The van der Waals surface area contributed by atoms with Crippen molar-refractivity contribution in [2.45, 2.75) is 26.7 Å². The van der Waals surface area contributed by atoms with Gasteiger partial charge in [0.1, 0.15) is 16.8 Å². The van der Waals surface area contributed by atoms with E-state index in [0.29, 0.717) is 11.8 Å². The van der Waals surface area contributed by atoms with Crippen LogP contribution < -0.4 is 5.32 Å². The number of nitrogens with zero attached hydrogens (tertiary/aromatic N) is 2. The van der Waals surface area contributed by atoms with Gasteiger partial charge in [-0.2, -0.15) is 0 Å². The number of aryl methyl sites for hydroxylation is 1. The Morgan fingerprint density at radius 1 is 1.38 bits per heavy atom. The maximum atomic E-state index is 5.90. The molecule has 0 aliphatic rings. The van der Waals surface area contributed by atoms with Crippen LogP contribution in [0.3, 0.4) is 0 Å². The van der Waals surface area contributed by atoms with Gasteiger partial charge in [-0.1, -0.05) is 18.5 Å². The smallest absolute Gasteiger partial charge is 0.134 e. The van der Waals surface area contributed by atoms with E-state index in [9.17, 15) is 0 Å². The summed E-state index contributed by atoms with van der Waals surface area (Å²) < 4.78 is 5.22. The van der Waals surface area contributed by atoms with Gasteiger partial charge in [-0.25, -0.2) is 9.97 Å². The van der Waals surface area contributed by atoms with Gasteiger partial charge in [0.05, 0.1) is 6.61 Å². The van der Waals surface area contributed by atoms with Gasteiger partial charge in [0.15, 0.2) is 0 Å². The van der Waals surface area contributed by atoms with Crippen molar-refractivity contribution in [3.8, 4) is 0 Å². The molecular formula is C11H18ClN3O. The highest BCUT2D eigenvalue weighted by molar-refractivity contribution is 6.29. The number of halogens is 1. The Morgan fingerprint density at radius 2 is 2.19 bits per heavy atom. The lowest BCUT2D eigenvalue weighted by Gasteiger charge is -2.07. The third-order valence-electron chi connectivity index (χ3n) is 1.97. The highest BCUT2D eigenvalue weighted by atomic mass is 35.5. The maximum Gasteiger partial charge on any atom is 0.134 e. The summed E-state index contributed by atoms with van der Waals surface area (Å²) >= 11 is 5.90. The molecule has 0 aliphatic carbocycles. The van der Waals surface area contributed by atoms with E-state index < -0.39 is 0 Å². The van der Waals surface area contributed by atoms with Gasteiger partial charge in [-0.15, -0.1) is 0 Å². The molecule has 1 rings (SSSR count). The van der Waals surface area contributed by atoms with E-state index in [-0.39, 0.29) is 0 Å². The maximum absolute atomic E-state index is 5.90. The predicted molar refractivity (Wildman–Crippen MR) is 66.0 cm³/mol. The molecule has 0 bridgehead atoms. The fraction of sp³-hybridized carbons (Fsp3) is 0.636. The van der Waals surface area contributed by atoms with Crippen LogP contribution in [0.4, 0.5) is 5.82 Å². The zero-order valence-electron chi connectivity index (χ0n) is 9.79.